The van der Waals surface area contributed by atoms with Crippen LogP contribution in [0.1, 0.15) is 30.8 Å². The number of rotatable bonds is 7. The molecular weight excluding hydrogens is 434 g/mol. The predicted octanol–water partition coefficient (Wildman–Crippen LogP) is 5.78. The molecule has 1 aliphatic heterocycles. The zero-order chi connectivity index (χ0) is 23.4. The Morgan fingerprint density at radius 3 is 2.18 bits per heavy atom. The van der Waals surface area contributed by atoms with Crippen LogP contribution in [0.5, 0.6) is 11.5 Å². The van der Waals surface area contributed by atoms with E-state index < -0.39 is 0 Å². The van der Waals surface area contributed by atoms with E-state index in [1.54, 1.807) is 0 Å². The number of benzene rings is 2. The molecule has 7 heteroatoms. The summed E-state index contributed by atoms with van der Waals surface area (Å²) in [7, 11) is 0. The molecule has 3 aromatic rings. The highest BCUT2D eigenvalue weighted by Crippen LogP contribution is 2.31. The van der Waals surface area contributed by atoms with Gasteiger partial charge >= 0.3 is 0 Å². The maximum absolute atomic E-state index is 12.6. The molecule has 1 fully saturated rings. The Balaban J connectivity index is 1.55. The van der Waals surface area contributed by atoms with Gasteiger partial charge in [0.05, 0.1) is 23.8 Å². The molecule has 1 amide bonds. The van der Waals surface area contributed by atoms with Crippen molar-refractivity contribution in [2.45, 2.75) is 27.7 Å². The van der Waals surface area contributed by atoms with Crippen LogP contribution in [0, 0.1) is 13.8 Å². The second kappa shape index (κ2) is 10.0. The number of nitrogens with zero attached hydrogens (tertiary/aromatic N) is 2. The summed E-state index contributed by atoms with van der Waals surface area (Å²) in [5.41, 5.74) is 4.97. The fourth-order valence-corrected chi connectivity index (χ4v) is 4.54. The minimum Gasteiger partial charge on any atom is -0.494 e. The van der Waals surface area contributed by atoms with Gasteiger partial charge < -0.3 is 19.4 Å². The number of aromatic nitrogens is 1. The van der Waals surface area contributed by atoms with E-state index in [1.807, 2.05) is 68.5 Å². The average Bonchev–Trinajstić information content (AvgIpc) is 3.28. The Kier molecular flexibility index (Phi) is 6.89. The molecule has 0 unspecified atom stereocenters. The maximum Gasteiger partial charge on any atom is 0.264 e. The molecule has 0 saturated carbocycles. The molecule has 0 radical (unpaired) electrons. The molecular formula is C26H27N3O3S. The molecule has 33 heavy (non-hydrogen) atoms. The van der Waals surface area contributed by atoms with Crippen molar-refractivity contribution < 1.29 is 14.3 Å². The van der Waals surface area contributed by atoms with Crippen molar-refractivity contribution in [3.8, 4) is 17.2 Å². The number of hydrogen-bond donors (Lipinski definition) is 1. The summed E-state index contributed by atoms with van der Waals surface area (Å²) in [5, 5.41) is 3.42. The monoisotopic (exact) mass is 461 g/mol. The van der Waals surface area contributed by atoms with Crippen LogP contribution in [-0.2, 0) is 4.79 Å². The highest BCUT2D eigenvalue weighted by atomic mass is 32.2. The fourth-order valence-electron chi connectivity index (χ4n) is 3.71. The van der Waals surface area contributed by atoms with E-state index in [0.717, 1.165) is 39.8 Å². The lowest BCUT2D eigenvalue weighted by atomic mass is 10.2. The largest absolute Gasteiger partial charge is 0.494 e. The number of amides is 1. The third-order valence-corrected chi connectivity index (χ3v) is 6.10. The summed E-state index contributed by atoms with van der Waals surface area (Å²) < 4.78 is 13.2. The third kappa shape index (κ3) is 5.14. The molecule has 1 aliphatic rings. The van der Waals surface area contributed by atoms with E-state index in [2.05, 4.69) is 34.8 Å². The van der Waals surface area contributed by atoms with Gasteiger partial charge in [0.1, 0.15) is 11.5 Å². The topological polar surface area (TPSA) is 64.8 Å². The van der Waals surface area contributed by atoms with Crippen LogP contribution >= 0.6 is 11.8 Å². The quantitative estimate of drug-likeness (QED) is 0.453. The minimum absolute atomic E-state index is 0.143. The first-order valence-electron chi connectivity index (χ1n) is 10.9. The molecule has 0 atom stereocenters. The number of aryl methyl sites for hydroxylation is 1. The van der Waals surface area contributed by atoms with Crippen molar-refractivity contribution in [2.75, 3.05) is 13.2 Å². The summed E-state index contributed by atoms with van der Waals surface area (Å²) in [6, 6.07) is 17.6. The number of nitrogens with one attached hydrogen (secondary N) is 1. The highest BCUT2D eigenvalue weighted by Gasteiger charge is 2.24. The maximum atomic E-state index is 12.6. The van der Waals surface area contributed by atoms with Gasteiger partial charge in [0.25, 0.3) is 5.91 Å². The van der Waals surface area contributed by atoms with Gasteiger partial charge in [0.15, 0.2) is 5.17 Å². The van der Waals surface area contributed by atoms with Gasteiger partial charge in [-0.3, -0.25) is 4.79 Å². The summed E-state index contributed by atoms with van der Waals surface area (Å²) in [5.74, 6) is 1.51. The van der Waals surface area contributed by atoms with Gasteiger partial charge in [-0.1, -0.05) is 0 Å². The van der Waals surface area contributed by atoms with Crippen LogP contribution in [0.15, 0.2) is 64.5 Å². The first kappa shape index (κ1) is 22.7. The zero-order valence-electron chi connectivity index (χ0n) is 19.2. The number of carbonyl (C=O) groups is 1. The number of hydrogen-bond acceptors (Lipinski definition) is 5. The fraction of sp³-hybridized carbons (Fsp3) is 0.231. The molecule has 2 aromatic carbocycles. The van der Waals surface area contributed by atoms with Crippen molar-refractivity contribution in [1.82, 2.24) is 9.88 Å². The van der Waals surface area contributed by atoms with Crippen molar-refractivity contribution in [3.63, 3.8) is 0 Å². The van der Waals surface area contributed by atoms with E-state index in [0.29, 0.717) is 23.3 Å². The van der Waals surface area contributed by atoms with Gasteiger partial charge in [-0.25, -0.2) is 4.99 Å². The average molecular weight is 462 g/mol. The predicted molar refractivity (Wildman–Crippen MR) is 135 cm³/mol. The van der Waals surface area contributed by atoms with Crippen molar-refractivity contribution in [1.29, 1.82) is 0 Å². The molecule has 0 spiro atoms. The molecule has 1 N–H and O–H groups in total. The Labute approximate surface area is 198 Å². The zero-order valence-corrected chi connectivity index (χ0v) is 20.0. The molecule has 2 heterocycles. The molecule has 1 aromatic heterocycles. The van der Waals surface area contributed by atoms with E-state index >= 15 is 0 Å². The van der Waals surface area contributed by atoms with Gasteiger partial charge in [-0.2, -0.15) is 0 Å². The van der Waals surface area contributed by atoms with Crippen LogP contribution in [0.3, 0.4) is 0 Å². The van der Waals surface area contributed by atoms with Crippen LogP contribution in [-0.4, -0.2) is 28.9 Å². The summed E-state index contributed by atoms with van der Waals surface area (Å²) in [6.45, 7) is 9.30. The molecule has 1 saturated heterocycles. The van der Waals surface area contributed by atoms with E-state index in [1.165, 1.54) is 11.8 Å². The lowest BCUT2D eigenvalue weighted by Crippen LogP contribution is -2.19. The third-order valence-electron chi connectivity index (χ3n) is 5.19. The Bertz CT molecular complexity index is 1210. The van der Waals surface area contributed by atoms with Crippen molar-refractivity contribution in [2.24, 2.45) is 4.99 Å². The summed E-state index contributed by atoms with van der Waals surface area (Å²) in [6.07, 6.45) is 1.92. The summed E-state index contributed by atoms with van der Waals surface area (Å²) in [4.78, 5) is 17.7. The number of ether oxygens (including phenoxy) is 2. The van der Waals surface area contributed by atoms with E-state index in [-0.39, 0.29) is 5.91 Å². The lowest BCUT2D eigenvalue weighted by molar-refractivity contribution is -0.115. The van der Waals surface area contributed by atoms with Gasteiger partial charge in [-0.15, -0.1) is 0 Å². The first-order chi connectivity index (χ1) is 16.0. The lowest BCUT2D eigenvalue weighted by Gasteiger charge is -2.11. The minimum atomic E-state index is -0.143. The highest BCUT2D eigenvalue weighted by molar-refractivity contribution is 8.18. The standard InChI is InChI=1S/C26H27N3O3S/c1-5-31-22-11-7-20(8-12-22)27-26-28-25(30)24(33-26)16-19-15-17(3)29(18(19)4)21-9-13-23(14-10-21)32-6-2/h7-16H,5-6H2,1-4H3,(H,27,28,30)/b24-16-. The number of thioether (sulfide) groups is 1. The molecule has 6 nitrogen and oxygen atoms in total. The molecule has 0 bridgehead atoms. The molecule has 0 aliphatic carbocycles. The van der Waals surface area contributed by atoms with Crippen molar-refractivity contribution >= 4 is 34.6 Å². The van der Waals surface area contributed by atoms with E-state index in [4.69, 9.17) is 9.47 Å². The van der Waals surface area contributed by atoms with Crippen LogP contribution in [0.25, 0.3) is 11.8 Å². The van der Waals surface area contributed by atoms with E-state index in [9.17, 15) is 4.79 Å². The first-order valence-corrected chi connectivity index (χ1v) is 11.7. The van der Waals surface area contributed by atoms with Crippen LogP contribution in [0.2, 0.25) is 0 Å². The Morgan fingerprint density at radius 2 is 1.58 bits per heavy atom. The normalized spacial score (nSPS) is 15.8. The molecule has 170 valence electrons. The summed E-state index contributed by atoms with van der Waals surface area (Å²) >= 11 is 1.34. The Morgan fingerprint density at radius 1 is 0.970 bits per heavy atom. The SMILES string of the molecule is CCOc1ccc(N=C2NC(=O)/C(=C/c3cc(C)n(-c4ccc(OCC)cc4)c3C)S2)cc1. The second-order valence-corrected chi connectivity index (χ2v) is 8.53. The second-order valence-electron chi connectivity index (χ2n) is 7.50. The number of carbonyl (C=O) groups excluding carboxylic acids is 1. The smallest absolute Gasteiger partial charge is 0.264 e. The van der Waals surface area contributed by atoms with Gasteiger partial charge in [0.2, 0.25) is 0 Å². The van der Waals surface area contributed by atoms with Gasteiger partial charge in [0, 0.05) is 17.1 Å². The molecule has 4 rings (SSSR count). The van der Waals surface area contributed by atoms with Crippen LogP contribution < -0.4 is 14.8 Å². The van der Waals surface area contributed by atoms with Gasteiger partial charge in [-0.05, 0) is 106 Å². The Hall–Kier alpha value is -3.45. The van der Waals surface area contributed by atoms with Crippen LogP contribution in [0.4, 0.5) is 5.69 Å². The number of amidine groups is 1. The van der Waals surface area contributed by atoms with Crippen molar-refractivity contribution in [3.05, 3.63) is 76.5 Å². The number of aliphatic imine (C=N–C) groups is 1.